The SMILES string of the molecule is CCCCCCC(=O)N[C@@H]1CCCC[C@H]1N1Cc2ccc(-c3nnc(C(F)F)o3)cc2C1=O. The molecule has 1 fully saturated rings. The average Bonchev–Trinajstić information content (AvgIpc) is 3.43. The average molecular weight is 461 g/mol. The van der Waals surface area contributed by atoms with Crippen molar-refractivity contribution in [3.63, 3.8) is 0 Å². The lowest BCUT2D eigenvalue weighted by Crippen LogP contribution is -2.53. The van der Waals surface area contributed by atoms with Crippen LogP contribution in [-0.2, 0) is 11.3 Å². The quantitative estimate of drug-likeness (QED) is 0.531. The lowest BCUT2D eigenvalue weighted by atomic mass is 9.89. The number of amides is 2. The standard InChI is InChI=1S/C24H30F2N4O3/c1-2-3-4-5-10-20(31)27-18-8-6-7-9-19(18)30-14-16-12-11-15(13-17(16)24(30)32)22-28-29-23(33-22)21(25)26/h11-13,18-19,21H,2-10,14H2,1H3,(H,27,31)/t18-,19-/m1/s1. The van der Waals surface area contributed by atoms with Crippen molar-refractivity contribution in [3.05, 3.63) is 35.2 Å². The molecule has 0 spiro atoms. The smallest absolute Gasteiger partial charge is 0.314 e. The summed E-state index contributed by atoms with van der Waals surface area (Å²) in [4.78, 5) is 27.6. The molecular formula is C24H30F2N4O3. The van der Waals surface area contributed by atoms with Gasteiger partial charge in [-0.15, -0.1) is 10.2 Å². The molecule has 0 saturated heterocycles. The van der Waals surface area contributed by atoms with Gasteiger partial charge in [0.2, 0.25) is 11.8 Å². The number of fused-ring (bicyclic) bond motifs is 1. The van der Waals surface area contributed by atoms with E-state index in [9.17, 15) is 18.4 Å². The highest BCUT2D eigenvalue weighted by atomic mass is 19.3. The van der Waals surface area contributed by atoms with Crippen molar-refractivity contribution >= 4 is 11.8 Å². The van der Waals surface area contributed by atoms with Crippen molar-refractivity contribution in [1.29, 1.82) is 0 Å². The van der Waals surface area contributed by atoms with Crippen molar-refractivity contribution in [3.8, 4) is 11.5 Å². The number of aromatic nitrogens is 2. The molecule has 4 rings (SSSR count). The maximum atomic E-state index is 13.3. The van der Waals surface area contributed by atoms with Crippen LogP contribution in [-0.4, -0.2) is 39.0 Å². The first kappa shape index (κ1) is 23.3. The molecule has 1 aromatic heterocycles. The molecule has 1 N–H and O–H groups in total. The molecule has 2 aliphatic rings. The fourth-order valence-electron chi connectivity index (χ4n) is 4.81. The molecular weight excluding hydrogens is 430 g/mol. The van der Waals surface area contributed by atoms with Gasteiger partial charge in [-0.25, -0.2) is 0 Å². The molecule has 1 saturated carbocycles. The Balaban J connectivity index is 1.45. The Morgan fingerprint density at radius 2 is 2.03 bits per heavy atom. The molecule has 9 heteroatoms. The highest BCUT2D eigenvalue weighted by Crippen LogP contribution is 2.34. The van der Waals surface area contributed by atoms with E-state index in [2.05, 4.69) is 22.4 Å². The van der Waals surface area contributed by atoms with Crippen LogP contribution >= 0.6 is 0 Å². The number of nitrogens with zero attached hydrogens (tertiary/aromatic N) is 3. The summed E-state index contributed by atoms with van der Waals surface area (Å²) in [6.07, 6.45) is 5.62. The van der Waals surface area contributed by atoms with E-state index >= 15 is 0 Å². The first-order valence-corrected chi connectivity index (χ1v) is 11.8. The topological polar surface area (TPSA) is 88.3 Å². The third-order valence-electron chi connectivity index (χ3n) is 6.55. The van der Waals surface area contributed by atoms with E-state index in [1.165, 1.54) is 0 Å². The van der Waals surface area contributed by atoms with Crippen LogP contribution in [0, 0.1) is 0 Å². The summed E-state index contributed by atoms with van der Waals surface area (Å²) < 4.78 is 30.6. The number of carbonyl (C=O) groups excluding carboxylic acids is 2. The Bertz CT molecular complexity index is 994. The number of benzene rings is 1. The van der Waals surface area contributed by atoms with Gasteiger partial charge in [-0.2, -0.15) is 8.78 Å². The lowest BCUT2D eigenvalue weighted by molar-refractivity contribution is -0.122. The van der Waals surface area contributed by atoms with Crippen molar-refractivity contribution in [2.24, 2.45) is 0 Å². The minimum Gasteiger partial charge on any atom is -0.415 e. The van der Waals surface area contributed by atoms with Gasteiger partial charge in [-0.1, -0.05) is 45.1 Å². The highest BCUT2D eigenvalue weighted by Gasteiger charge is 2.38. The largest absolute Gasteiger partial charge is 0.415 e. The predicted octanol–water partition coefficient (Wildman–Crippen LogP) is 5.03. The number of alkyl halides is 2. The second-order valence-electron chi connectivity index (χ2n) is 8.89. The molecule has 1 aliphatic carbocycles. The van der Waals surface area contributed by atoms with Crippen LogP contribution in [0.2, 0.25) is 0 Å². The van der Waals surface area contributed by atoms with E-state index in [4.69, 9.17) is 4.42 Å². The first-order chi connectivity index (χ1) is 16.0. The molecule has 7 nitrogen and oxygen atoms in total. The molecule has 2 heterocycles. The van der Waals surface area contributed by atoms with E-state index < -0.39 is 12.3 Å². The van der Waals surface area contributed by atoms with Gasteiger partial charge in [0, 0.05) is 30.1 Å². The normalized spacial score (nSPS) is 20.4. The Hall–Kier alpha value is -2.84. The first-order valence-electron chi connectivity index (χ1n) is 11.8. The maximum absolute atomic E-state index is 13.3. The molecule has 0 bridgehead atoms. The summed E-state index contributed by atoms with van der Waals surface area (Å²) >= 11 is 0. The molecule has 2 atom stereocenters. The van der Waals surface area contributed by atoms with Gasteiger partial charge < -0.3 is 14.6 Å². The van der Waals surface area contributed by atoms with Crippen molar-refractivity contribution in [1.82, 2.24) is 20.4 Å². The fraction of sp³-hybridized carbons (Fsp3) is 0.583. The summed E-state index contributed by atoms with van der Waals surface area (Å²) in [5.41, 5.74) is 1.82. The Labute approximate surface area is 191 Å². The molecule has 2 aromatic rings. The van der Waals surface area contributed by atoms with Gasteiger partial charge in [0.15, 0.2) is 0 Å². The summed E-state index contributed by atoms with van der Waals surface area (Å²) in [6.45, 7) is 2.61. The zero-order valence-electron chi connectivity index (χ0n) is 18.9. The van der Waals surface area contributed by atoms with Crippen LogP contribution in [0.25, 0.3) is 11.5 Å². The van der Waals surface area contributed by atoms with Gasteiger partial charge in [-0.05, 0) is 37.0 Å². The second-order valence-corrected chi connectivity index (χ2v) is 8.89. The number of hydrogen-bond donors (Lipinski definition) is 1. The van der Waals surface area contributed by atoms with E-state index in [1.54, 1.807) is 18.2 Å². The molecule has 1 aliphatic heterocycles. The number of halogens is 2. The number of carbonyl (C=O) groups is 2. The summed E-state index contributed by atoms with van der Waals surface area (Å²) in [7, 11) is 0. The van der Waals surface area contributed by atoms with Gasteiger partial charge >= 0.3 is 6.43 Å². The number of hydrogen-bond acceptors (Lipinski definition) is 5. The molecule has 2 amide bonds. The van der Waals surface area contributed by atoms with Crippen LogP contribution < -0.4 is 5.32 Å². The second kappa shape index (κ2) is 10.4. The number of unbranched alkanes of at least 4 members (excludes halogenated alkanes) is 3. The number of nitrogens with one attached hydrogen (secondary N) is 1. The van der Waals surface area contributed by atoms with Crippen molar-refractivity contribution in [2.45, 2.75) is 89.8 Å². The van der Waals surface area contributed by atoms with Gasteiger partial charge in [0.25, 0.3) is 11.8 Å². The van der Waals surface area contributed by atoms with Crippen LogP contribution in [0.5, 0.6) is 0 Å². The summed E-state index contributed by atoms with van der Waals surface area (Å²) in [5.74, 6) is -0.839. The molecule has 1 aromatic carbocycles. The predicted molar refractivity (Wildman–Crippen MR) is 118 cm³/mol. The maximum Gasteiger partial charge on any atom is 0.314 e. The van der Waals surface area contributed by atoms with E-state index in [0.29, 0.717) is 24.1 Å². The van der Waals surface area contributed by atoms with Crippen LogP contribution in [0.15, 0.2) is 22.6 Å². The van der Waals surface area contributed by atoms with Crippen molar-refractivity contribution in [2.75, 3.05) is 0 Å². The van der Waals surface area contributed by atoms with Crippen LogP contribution in [0.1, 0.15) is 92.9 Å². The third kappa shape index (κ3) is 5.23. The molecule has 0 radical (unpaired) electrons. The monoisotopic (exact) mass is 460 g/mol. The summed E-state index contributed by atoms with van der Waals surface area (Å²) in [6, 6.07) is 5.02. The van der Waals surface area contributed by atoms with E-state index in [0.717, 1.165) is 56.9 Å². The van der Waals surface area contributed by atoms with Gasteiger partial charge in [0.05, 0.1) is 6.04 Å². The zero-order valence-corrected chi connectivity index (χ0v) is 18.9. The Morgan fingerprint density at radius 1 is 1.21 bits per heavy atom. The molecule has 33 heavy (non-hydrogen) atoms. The highest BCUT2D eigenvalue weighted by molar-refractivity contribution is 5.99. The minimum absolute atomic E-state index is 0.0368. The summed E-state index contributed by atoms with van der Waals surface area (Å²) in [5, 5.41) is 10.2. The van der Waals surface area contributed by atoms with Crippen LogP contribution in [0.3, 0.4) is 0 Å². The molecule has 178 valence electrons. The molecule has 0 unspecified atom stereocenters. The van der Waals surface area contributed by atoms with E-state index in [-0.39, 0.29) is 29.8 Å². The minimum atomic E-state index is -2.84. The fourth-order valence-corrected chi connectivity index (χ4v) is 4.81. The van der Waals surface area contributed by atoms with Crippen molar-refractivity contribution < 1.29 is 22.8 Å². The van der Waals surface area contributed by atoms with Gasteiger partial charge in [0.1, 0.15) is 0 Å². The lowest BCUT2D eigenvalue weighted by Gasteiger charge is -2.38. The van der Waals surface area contributed by atoms with Gasteiger partial charge in [-0.3, -0.25) is 9.59 Å². The number of rotatable bonds is 9. The zero-order chi connectivity index (χ0) is 23.4. The van der Waals surface area contributed by atoms with E-state index in [1.807, 2.05) is 4.90 Å². The Kier molecular flexibility index (Phi) is 7.35. The Morgan fingerprint density at radius 3 is 2.79 bits per heavy atom. The van der Waals surface area contributed by atoms with Crippen LogP contribution in [0.4, 0.5) is 8.78 Å². The third-order valence-corrected chi connectivity index (χ3v) is 6.55.